The lowest BCUT2D eigenvalue weighted by atomic mass is 10.0. The molecule has 0 aliphatic rings. The van der Waals surface area contributed by atoms with Crippen molar-refractivity contribution in [3.63, 3.8) is 0 Å². The molecule has 0 fully saturated rings. The van der Waals surface area contributed by atoms with Crippen LogP contribution >= 0.6 is 28.3 Å². The number of fused-ring (bicyclic) bond motifs is 1. The molecule has 0 bridgehead atoms. The van der Waals surface area contributed by atoms with Crippen LogP contribution in [0.3, 0.4) is 0 Å². The Morgan fingerprint density at radius 2 is 1.44 bits per heavy atom. The zero-order chi connectivity index (χ0) is 21.4. The van der Waals surface area contributed by atoms with Gasteiger partial charge in [-0.25, -0.2) is 4.98 Å². The van der Waals surface area contributed by atoms with Gasteiger partial charge >= 0.3 is 0 Å². The second-order valence-electron chi connectivity index (χ2n) is 7.22. The van der Waals surface area contributed by atoms with Crippen molar-refractivity contribution in [2.75, 3.05) is 7.11 Å². The smallest absolute Gasteiger partial charge is 0.213 e. The number of aryl methyl sites for hydroxylation is 1. The Hall–Kier alpha value is -3.22. The molecule has 5 aromatic rings. The number of thiazole rings is 1. The van der Waals surface area contributed by atoms with E-state index < -0.39 is 0 Å². The van der Waals surface area contributed by atoms with E-state index in [0.29, 0.717) is 11.3 Å². The zero-order valence-electron chi connectivity index (χ0n) is 17.6. The third-order valence-corrected chi connectivity index (χ3v) is 6.27. The highest BCUT2D eigenvalue weighted by Gasteiger charge is 2.25. The largest absolute Gasteiger partial charge is 0.497 e. The minimum absolute atomic E-state index is 0. The summed E-state index contributed by atoms with van der Waals surface area (Å²) < 4.78 is 7.44. The Kier molecular flexibility index (Phi) is 6.26. The maximum atomic E-state index is 13.4. The maximum absolute atomic E-state index is 13.4. The van der Waals surface area contributed by atoms with Crippen LogP contribution in [-0.4, -0.2) is 22.3 Å². The fourth-order valence-electron chi connectivity index (χ4n) is 3.85. The first-order valence-electron chi connectivity index (χ1n) is 9.99. The quantitative estimate of drug-likeness (QED) is 0.245. The summed E-state index contributed by atoms with van der Waals surface area (Å²) in [4.78, 5) is 20.2. The van der Waals surface area contributed by atoms with Crippen LogP contribution < -0.4 is 4.74 Å². The molecule has 0 radical (unpaired) electrons. The first-order chi connectivity index (χ1) is 15.2. The monoisotopic (exact) mass is 504 g/mol. The number of hydrogen-bond donors (Lipinski definition) is 0. The highest BCUT2D eigenvalue weighted by molar-refractivity contribution is 8.93. The molecular formula is C26H21BrN2O2S. The number of carbonyl (C=O) groups excluding carboxylic acids is 1. The van der Waals surface area contributed by atoms with Gasteiger partial charge in [-0.15, -0.1) is 28.3 Å². The topological polar surface area (TPSA) is 43.6 Å². The van der Waals surface area contributed by atoms with Gasteiger partial charge in [0.2, 0.25) is 5.78 Å². The minimum Gasteiger partial charge on any atom is -0.497 e. The number of halogens is 1. The van der Waals surface area contributed by atoms with Crippen LogP contribution in [0.2, 0.25) is 0 Å². The maximum Gasteiger partial charge on any atom is 0.213 e. The van der Waals surface area contributed by atoms with Gasteiger partial charge in [-0.1, -0.05) is 60.7 Å². The van der Waals surface area contributed by atoms with Gasteiger partial charge in [0.05, 0.1) is 18.5 Å². The Morgan fingerprint density at radius 1 is 0.844 bits per heavy atom. The number of benzene rings is 3. The standard InChI is InChI=1S/C26H20N2O2S.BrH/c1-17-23(19-13-15-21(30-2)16-14-19)28-24(18-9-5-3-6-10-18)22(27-26(28)31-17)25(29)20-11-7-4-8-12-20;/h3-16H,1-2H3;1H. The number of aromatic nitrogens is 2. The van der Waals surface area contributed by atoms with Crippen LogP contribution in [0.15, 0.2) is 84.9 Å². The van der Waals surface area contributed by atoms with Gasteiger partial charge in [-0.05, 0) is 36.8 Å². The molecular weight excluding hydrogens is 484 g/mol. The molecule has 3 aromatic carbocycles. The minimum atomic E-state index is -0.0753. The van der Waals surface area contributed by atoms with E-state index in [1.165, 1.54) is 0 Å². The molecule has 6 heteroatoms. The summed E-state index contributed by atoms with van der Waals surface area (Å²) in [6, 6.07) is 27.3. The van der Waals surface area contributed by atoms with Gasteiger partial charge in [0.1, 0.15) is 11.4 Å². The van der Waals surface area contributed by atoms with Crippen molar-refractivity contribution in [3.05, 3.63) is 101 Å². The SMILES string of the molecule is Br.COc1ccc(-c2c(C)sc3nc(C(=O)c4ccccc4)c(-c4ccccc4)n23)cc1. The van der Waals surface area contributed by atoms with Gasteiger partial charge in [0, 0.05) is 16.0 Å². The molecule has 0 N–H and O–H groups in total. The van der Waals surface area contributed by atoms with E-state index in [1.807, 2.05) is 84.9 Å². The van der Waals surface area contributed by atoms with Gasteiger partial charge in [0.15, 0.2) is 4.96 Å². The van der Waals surface area contributed by atoms with E-state index in [2.05, 4.69) is 11.3 Å². The fraction of sp³-hybridized carbons (Fsp3) is 0.0769. The van der Waals surface area contributed by atoms with Gasteiger partial charge < -0.3 is 4.74 Å². The summed E-state index contributed by atoms with van der Waals surface area (Å²) in [6.07, 6.45) is 0. The lowest BCUT2D eigenvalue weighted by molar-refractivity contribution is 0.103. The summed E-state index contributed by atoms with van der Waals surface area (Å²) in [7, 11) is 1.66. The van der Waals surface area contributed by atoms with Crippen molar-refractivity contribution in [3.8, 4) is 28.3 Å². The molecule has 5 rings (SSSR count). The third kappa shape index (κ3) is 3.76. The van der Waals surface area contributed by atoms with Crippen molar-refractivity contribution in [1.82, 2.24) is 9.38 Å². The first kappa shape index (κ1) is 22.0. The highest BCUT2D eigenvalue weighted by atomic mass is 79.9. The molecule has 0 atom stereocenters. The number of nitrogens with zero attached hydrogens (tertiary/aromatic N) is 2. The number of ketones is 1. The lowest BCUT2D eigenvalue weighted by Crippen LogP contribution is -2.04. The Labute approximate surface area is 200 Å². The molecule has 0 saturated carbocycles. The fourth-order valence-corrected chi connectivity index (χ4v) is 4.84. The van der Waals surface area contributed by atoms with Crippen molar-refractivity contribution >= 4 is 39.1 Å². The van der Waals surface area contributed by atoms with E-state index >= 15 is 0 Å². The summed E-state index contributed by atoms with van der Waals surface area (Å²) in [5.41, 5.74) is 4.98. The average Bonchev–Trinajstić information content (AvgIpc) is 3.34. The van der Waals surface area contributed by atoms with Gasteiger partial charge in [-0.3, -0.25) is 9.20 Å². The highest BCUT2D eigenvalue weighted by Crippen LogP contribution is 2.38. The van der Waals surface area contributed by atoms with Crippen LogP contribution in [0, 0.1) is 6.92 Å². The molecule has 0 amide bonds. The zero-order valence-corrected chi connectivity index (χ0v) is 20.1. The molecule has 4 nitrogen and oxygen atoms in total. The Balaban J connectivity index is 0.00000245. The normalized spacial score (nSPS) is 10.7. The molecule has 2 aromatic heterocycles. The van der Waals surface area contributed by atoms with Crippen molar-refractivity contribution in [2.45, 2.75) is 6.92 Å². The summed E-state index contributed by atoms with van der Waals surface area (Å²) in [5, 5.41) is 0. The van der Waals surface area contributed by atoms with Crippen LogP contribution in [-0.2, 0) is 0 Å². The van der Waals surface area contributed by atoms with Crippen molar-refractivity contribution in [1.29, 1.82) is 0 Å². The van der Waals surface area contributed by atoms with Crippen LogP contribution in [0.5, 0.6) is 5.75 Å². The Morgan fingerprint density at radius 3 is 2.06 bits per heavy atom. The van der Waals surface area contributed by atoms with Gasteiger partial charge in [-0.2, -0.15) is 0 Å². The molecule has 0 spiro atoms. The second kappa shape index (κ2) is 9.10. The molecule has 0 saturated heterocycles. The number of hydrogen-bond acceptors (Lipinski definition) is 4. The second-order valence-corrected chi connectivity index (χ2v) is 8.41. The van der Waals surface area contributed by atoms with Crippen LogP contribution in [0.25, 0.3) is 27.5 Å². The van der Waals surface area contributed by atoms with Crippen LogP contribution in [0.1, 0.15) is 20.9 Å². The molecule has 32 heavy (non-hydrogen) atoms. The van der Waals surface area contributed by atoms with E-state index in [-0.39, 0.29) is 22.8 Å². The number of rotatable bonds is 5. The van der Waals surface area contributed by atoms with E-state index in [4.69, 9.17) is 9.72 Å². The lowest BCUT2D eigenvalue weighted by Gasteiger charge is -2.09. The van der Waals surface area contributed by atoms with E-state index in [0.717, 1.165) is 38.1 Å². The Bertz CT molecular complexity index is 1370. The molecule has 0 aliphatic carbocycles. The predicted molar refractivity (Wildman–Crippen MR) is 135 cm³/mol. The number of ether oxygens (including phenoxy) is 1. The summed E-state index contributed by atoms with van der Waals surface area (Å²) >= 11 is 1.59. The molecule has 160 valence electrons. The molecule has 0 aliphatic heterocycles. The number of imidazole rings is 1. The first-order valence-corrected chi connectivity index (χ1v) is 10.8. The predicted octanol–water partition coefficient (Wildman–Crippen LogP) is 6.86. The average molecular weight is 505 g/mol. The summed E-state index contributed by atoms with van der Waals surface area (Å²) in [5.74, 6) is 0.732. The molecule has 2 heterocycles. The van der Waals surface area contributed by atoms with Crippen molar-refractivity contribution in [2.24, 2.45) is 0 Å². The number of carbonyl (C=O) groups is 1. The van der Waals surface area contributed by atoms with E-state index in [9.17, 15) is 4.79 Å². The molecule has 0 unspecified atom stereocenters. The van der Waals surface area contributed by atoms with Gasteiger partial charge in [0.25, 0.3) is 0 Å². The van der Waals surface area contributed by atoms with Crippen LogP contribution in [0.4, 0.5) is 0 Å². The van der Waals surface area contributed by atoms with Crippen molar-refractivity contribution < 1.29 is 9.53 Å². The van der Waals surface area contributed by atoms with E-state index in [1.54, 1.807) is 18.4 Å². The summed E-state index contributed by atoms with van der Waals surface area (Å²) in [6.45, 7) is 2.09. The third-order valence-electron chi connectivity index (χ3n) is 5.31. The number of methoxy groups -OCH3 is 1.